The van der Waals surface area contributed by atoms with Gasteiger partial charge in [0.05, 0.1) is 7.11 Å². The second-order valence-corrected chi connectivity index (χ2v) is 10.0. The van der Waals surface area contributed by atoms with Crippen LogP contribution in [0.15, 0.2) is 66.9 Å². The average Bonchev–Trinajstić information content (AvgIpc) is 3.67. The van der Waals surface area contributed by atoms with E-state index in [0.717, 1.165) is 49.1 Å². The lowest BCUT2D eigenvalue weighted by molar-refractivity contribution is -0.134. The molecule has 0 saturated carbocycles. The lowest BCUT2D eigenvalue weighted by Crippen LogP contribution is -2.29. The number of carbonyl (C=O) groups is 2. The van der Waals surface area contributed by atoms with Crippen molar-refractivity contribution in [3.8, 4) is 0 Å². The van der Waals surface area contributed by atoms with Crippen molar-refractivity contribution in [2.24, 2.45) is 0 Å². The number of aromatic nitrogens is 2. The molecular formula is C31H34N4O3. The predicted molar refractivity (Wildman–Crippen MR) is 150 cm³/mol. The van der Waals surface area contributed by atoms with Crippen LogP contribution in [0.4, 0.5) is 0 Å². The van der Waals surface area contributed by atoms with Gasteiger partial charge in [0.2, 0.25) is 0 Å². The normalized spacial score (nSPS) is 14.9. The van der Waals surface area contributed by atoms with E-state index >= 15 is 0 Å². The zero-order valence-electron chi connectivity index (χ0n) is 22.2. The molecule has 2 heterocycles. The van der Waals surface area contributed by atoms with E-state index in [1.54, 1.807) is 25.1 Å². The number of aryl methyl sites for hydroxylation is 1. The van der Waals surface area contributed by atoms with Crippen LogP contribution in [0.5, 0.6) is 0 Å². The molecule has 7 nitrogen and oxygen atoms in total. The van der Waals surface area contributed by atoms with Crippen LogP contribution < -0.4 is 0 Å². The molecule has 0 radical (unpaired) electrons. The van der Waals surface area contributed by atoms with Gasteiger partial charge < -0.3 is 19.6 Å². The van der Waals surface area contributed by atoms with Crippen LogP contribution in [0.3, 0.4) is 0 Å². The molecule has 0 spiro atoms. The quantitative estimate of drug-likeness (QED) is 0.242. The van der Waals surface area contributed by atoms with Gasteiger partial charge in [-0.3, -0.25) is 9.69 Å². The Morgan fingerprint density at radius 2 is 1.95 bits per heavy atom. The number of esters is 1. The summed E-state index contributed by atoms with van der Waals surface area (Å²) in [4.78, 5) is 34.8. The van der Waals surface area contributed by atoms with Crippen molar-refractivity contribution in [2.75, 3.05) is 27.7 Å². The number of carbonyl (C=O) groups excluding carboxylic acids is 2. The number of nitrogens with one attached hydrogen (secondary N) is 2. The summed E-state index contributed by atoms with van der Waals surface area (Å²) in [5.41, 5.74) is 7.74. The van der Waals surface area contributed by atoms with E-state index < -0.39 is 0 Å². The minimum atomic E-state index is -0.357. The number of para-hydroxylation sites is 1. The minimum absolute atomic E-state index is 0.0275. The number of benzene rings is 2. The van der Waals surface area contributed by atoms with Crippen LogP contribution in [0, 0.1) is 0 Å². The van der Waals surface area contributed by atoms with Crippen molar-refractivity contribution in [1.29, 1.82) is 0 Å². The third-order valence-corrected chi connectivity index (χ3v) is 7.37. The summed E-state index contributed by atoms with van der Waals surface area (Å²) in [7, 11) is 4.91. The molecule has 1 aliphatic rings. The monoisotopic (exact) mass is 510 g/mol. The number of hydrogen-bond acceptors (Lipinski definition) is 4. The first-order valence-corrected chi connectivity index (χ1v) is 13.0. The van der Waals surface area contributed by atoms with Gasteiger partial charge in [-0.1, -0.05) is 36.4 Å². The maximum Gasteiger partial charge on any atom is 0.330 e. The molecule has 7 heteroatoms. The summed E-state index contributed by atoms with van der Waals surface area (Å²) >= 11 is 0. The van der Waals surface area contributed by atoms with Crippen molar-refractivity contribution in [3.63, 3.8) is 0 Å². The fraction of sp³-hybridized carbons (Fsp3) is 0.290. The predicted octanol–water partition coefficient (Wildman–Crippen LogP) is 5.12. The number of H-pyrrole nitrogens is 2. The second kappa shape index (κ2) is 11.1. The Hall–Kier alpha value is -4.10. The first-order valence-electron chi connectivity index (χ1n) is 13.0. The van der Waals surface area contributed by atoms with Crippen molar-refractivity contribution in [2.45, 2.75) is 31.8 Å². The minimum Gasteiger partial charge on any atom is -0.466 e. The molecule has 2 aromatic heterocycles. The first-order chi connectivity index (χ1) is 18.4. The Balaban J connectivity index is 1.40. The fourth-order valence-electron chi connectivity index (χ4n) is 5.39. The van der Waals surface area contributed by atoms with Crippen molar-refractivity contribution >= 4 is 28.9 Å². The highest BCUT2D eigenvalue weighted by molar-refractivity contribution is 5.92. The first kappa shape index (κ1) is 25.5. The molecule has 2 N–H and O–H groups in total. The smallest absolute Gasteiger partial charge is 0.330 e. The van der Waals surface area contributed by atoms with Gasteiger partial charge in [-0.15, -0.1) is 0 Å². The van der Waals surface area contributed by atoms with Gasteiger partial charge in [0, 0.05) is 62.1 Å². The van der Waals surface area contributed by atoms with E-state index in [0.29, 0.717) is 5.69 Å². The van der Waals surface area contributed by atoms with E-state index in [-0.39, 0.29) is 17.9 Å². The summed E-state index contributed by atoms with van der Waals surface area (Å²) in [6.07, 6.45) is 8.31. The Morgan fingerprint density at radius 3 is 2.76 bits per heavy atom. The van der Waals surface area contributed by atoms with Crippen LogP contribution in [0.1, 0.15) is 50.9 Å². The van der Waals surface area contributed by atoms with E-state index in [9.17, 15) is 9.59 Å². The average molecular weight is 511 g/mol. The van der Waals surface area contributed by atoms with Gasteiger partial charge in [-0.2, -0.15) is 0 Å². The van der Waals surface area contributed by atoms with Gasteiger partial charge in [0.1, 0.15) is 5.69 Å². The van der Waals surface area contributed by atoms with Crippen LogP contribution in [0.25, 0.3) is 17.0 Å². The highest BCUT2D eigenvalue weighted by Crippen LogP contribution is 2.37. The Labute approximate surface area is 223 Å². The molecule has 1 atom stereocenters. The molecule has 1 amide bonds. The molecule has 0 bridgehead atoms. The summed E-state index contributed by atoms with van der Waals surface area (Å²) in [5.74, 6) is -0.384. The molecule has 38 heavy (non-hydrogen) atoms. The van der Waals surface area contributed by atoms with E-state index in [2.05, 4.69) is 63.5 Å². The van der Waals surface area contributed by atoms with E-state index in [1.165, 1.54) is 35.3 Å². The van der Waals surface area contributed by atoms with Crippen molar-refractivity contribution in [1.82, 2.24) is 19.8 Å². The third kappa shape index (κ3) is 5.43. The van der Waals surface area contributed by atoms with Crippen LogP contribution in [0.2, 0.25) is 0 Å². The van der Waals surface area contributed by atoms with Crippen LogP contribution in [-0.4, -0.2) is 59.4 Å². The van der Waals surface area contributed by atoms with Gasteiger partial charge in [0.15, 0.2) is 0 Å². The van der Waals surface area contributed by atoms with E-state index in [4.69, 9.17) is 4.74 Å². The lowest BCUT2D eigenvalue weighted by atomic mass is 10.0. The topological polar surface area (TPSA) is 81.4 Å². The summed E-state index contributed by atoms with van der Waals surface area (Å²) < 4.78 is 4.72. The van der Waals surface area contributed by atoms with Gasteiger partial charge in [-0.25, -0.2) is 4.79 Å². The summed E-state index contributed by atoms with van der Waals surface area (Å²) in [6.45, 7) is 1.60. The molecule has 5 rings (SSSR count). The summed E-state index contributed by atoms with van der Waals surface area (Å²) in [6, 6.07) is 19.0. The molecule has 0 fully saturated rings. The summed E-state index contributed by atoms with van der Waals surface area (Å²) in [5, 5.41) is 1.26. The fourth-order valence-corrected chi connectivity index (χ4v) is 5.39. The number of methoxy groups -OCH3 is 1. The maximum absolute atomic E-state index is 12.5. The van der Waals surface area contributed by atoms with Gasteiger partial charge in [0.25, 0.3) is 5.91 Å². The molecular weight excluding hydrogens is 476 g/mol. The number of aromatic amines is 2. The van der Waals surface area contributed by atoms with Crippen LogP contribution in [-0.2, 0) is 28.9 Å². The molecule has 1 unspecified atom stereocenters. The Bertz CT molecular complexity index is 1480. The Kier molecular flexibility index (Phi) is 7.47. The maximum atomic E-state index is 12.5. The molecule has 0 saturated heterocycles. The van der Waals surface area contributed by atoms with Crippen molar-refractivity contribution in [3.05, 3.63) is 101 Å². The highest BCUT2D eigenvalue weighted by Gasteiger charge is 2.28. The number of hydrogen-bond donors (Lipinski definition) is 2. The van der Waals surface area contributed by atoms with Crippen molar-refractivity contribution < 1.29 is 14.3 Å². The molecule has 1 aliphatic carbocycles. The van der Waals surface area contributed by atoms with Gasteiger partial charge in [-0.05, 0) is 65.8 Å². The molecule has 0 aliphatic heterocycles. The second-order valence-electron chi connectivity index (χ2n) is 10.0. The number of rotatable bonds is 9. The third-order valence-electron chi connectivity index (χ3n) is 7.37. The number of ether oxygens (including phenoxy) is 1. The van der Waals surface area contributed by atoms with E-state index in [1.807, 2.05) is 12.1 Å². The zero-order chi connectivity index (χ0) is 26.6. The molecule has 196 valence electrons. The standard InChI is InChI=1S/C31H34N4O3/c1-34(2)31(37)28-13-11-24(33-28)20-35(17-16-23-19-32-27-7-5-4-6-25(23)27)29-14-10-22-18-21(8-12-26(22)29)9-15-30(36)38-3/h4-9,11-13,15,18-19,29,32-33H,10,14,16-17,20H2,1-3H3. The zero-order valence-corrected chi connectivity index (χ0v) is 22.2. The highest BCUT2D eigenvalue weighted by atomic mass is 16.5. The Morgan fingerprint density at radius 1 is 1.11 bits per heavy atom. The van der Waals surface area contributed by atoms with Crippen LogP contribution >= 0.6 is 0 Å². The number of amides is 1. The number of nitrogens with zero attached hydrogens (tertiary/aromatic N) is 2. The largest absolute Gasteiger partial charge is 0.466 e. The van der Waals surface area contributed by atoms with Gasteiger partial charge >= 0.3 is 5.97 Å². The number of fused-ring (bicyclic) bond motifs is 2. The molecule has 2 aromatic carbocycles. The SMILES string of the molecule is COC(=O)C=Cc1ccc2c(c1)CCC2N(CCc1c[nH]c2ccccc12)Cc1ccc(C(=O)N(C)C)[nH]1. The molecule has 4 aromatic rings. The lowest BCUT2D eigenvalue weighted by Gasteiger charge is -2.29.